The number of amides is 1. The number of morpholine rings is 1. The summed E-state index contributed by atoms with van der Waals surface area (Å²) >= 11 is 1.51. The normalized spacial score (nSPS) is 31.0. The third-order valence-electron chi connectivity index (χ3n) is 4.44. The summed E-state index contributed by atoms with van der Waals surface area (Å²) in [5, 5.41) is 17.4. The Morgan fingerprint density at radius 1 is 1.38 bits per heavy atom. The van der Waals surface area contributed by atoms with Crippen molar-refractivity contribution < 1.29 is 14.6 Å². The molecule has 1 saturated heterocycles. The lowest BCUT2D eigenvalue weighted by molar-refractivity contribution is -0.0459. The van der Waals surface area contributed by atoms with E-state index in [1.165, 1.54) is 11.3 Å². The molecule has 1 saturated carbocycles. The van der Waals surface area contributed by atoms with E-state index in [1.807, 2.05) is 16.8 Å². The Balaban J connectivity index is 1.61. The first kappa shape index (κ1) is 15.0. The van der Waals surface area contributed by atoms with E-state index in [0.29, 0.717) is 5.56 Å². The highest BCUT2D eigenvalue weighted by molar-refractivity contribution is 7.08. The predicted molar refractivity (Wildman–Crippen MR) is 81.6 cm³/mol. The number of ether oxygens (including phenoxy) is 1. The van der Waals surface area contributed by atoms with Crippen LogP contribution in [0.5, 0.6) is 0 Å². The Bertz CT molecular complexity index is 459. The number of hydrogen-bond acceptors (Lipinski definition) is 5. The van der Waals surface area contributed by atoms with Crippen LogP contribution in [-0.4, -0.2) is 60.4 Å². The van der Waals surface area contributed by atoms with Crippen LogP contribution in [0, 0.1) is 0 Å². The minimum absolute atomic E-state index is 0.0806. The smallest absolute Gasteiger partial charge is 0.252 e. The fourth-order valence-corrected chi connectivity index (χ4v) is 3.90. The molecule has 1 aromatic rings. The van der Waals surface area contributed by atoms with Crippen molar-refractivity contribution in [1.29, 1.82) is 0 Å². The lowest BCUT2D eigenvalue weighted by atomic mass is 9.86. The van der Waals surface area contributed by atoms with E-state index in [4.69, 9.17) is 4.74 Å². The van der Waals surface area contributed by atoms with Crippen LogP contribution in [0.25, 0.3) is 0 Å². The maximum Gasteiger partial charge on any atom is 0.252 e. The van der Waals surface area contributed by atoms with E-state index in [-0.39, 0.29) is 18.0 Å². The van der Waals surface area contributed by atoms with Gasteiger partial charge < -0.3 is 15.2 Å². The summed E-state index contributed by atoms with van der Waals surface area (Å²) in [6.45, 7) is 3.20. The van der Waals surface area contributed by atoms with Gasteiger partial charge in [-0.3, -0.25) is 9.69 Å². The average molecular weight is 310 g/mol. The number of aliphatic hydroxyl groups excluding tert-OH is 1. The lowest BCUT2D eigenvalue weighted by Gasteiger charge is -2.42. The van der Waals surface area contributed by atoms with Crippen molar-refractivity contribution in [1.82, 2.24) is 10.2 Å². The van der Waals surface area contributed by atoms with Gasteiger partial charge in [0.15, 0.2) is 0 Å². The van der Waals surface area contributed by atoms with Gasteiger partial charge in [-0.2, -0.15) is 11.3 Å². The van der Waals surface area contributed by atoms with Crippen LogP contribution in [0.3, 0.4) is 0 Å². The van der Waals surface area contributed by atoms with Crippen molar-refractivity contribution >= 4 is 17.2 Å². The average Bonchev–Trinajstić information content (AvgIpc) is 3.05. The molecule has 1 amide bonds. The molecular weight excluding hydrogens is 288 g/mol. The summed E-state index contributed by atoms with van der Waals surface area (Å²) in [7, 11) is 0. The molecule has 2 heterocycles. The summed E-state index contributed by atoms with van der Waals surface area (Å²) < 4.78 is 5.37. The number of rotatable bonds is 3. The van der Waals surface area contributed by atoms with Crippen LogP contribution < -0.4 is 5.32 Å². The molecule has 0 unspecified atom stereocenters. The molecule has 1 aromatic heterocycles. The van der Waals surface area contributed by atoms with E-state index >= 15 is 0 Å². The Morgan fingerprint density at radius 3 is 2.90 bits per heavy atom. The Kier molecular flexibility index (Phi) is 4.90. The number of nitrogens with zero attached hydrogens (tertiary/aromatic N) is 1. The lowest BCUT2D eigenvalue weighted by Crippen LogP contribution is -2.58. The highest BCUT2D eigenvalue weighted by Gasteiger charge is 2.36. The molecule has 2 N–H and O–H groups in total. The third-order valence-corrected chi connectivity index (χ3v) is 5.12. The second-order valence-corrected chi connectivity index (χ2v) is 6.51. The molecule has 0 bridgehead atoms. The fourth-order valence-electron chi connectivity index (χ4n) is 3.27. The number of carbonyl (C=O) groups excluding carboxylic acids is 1. The van der Waals surface area contributed by atoms with Crippen molar-refractivity contribution in [3.63, 3.8) is 0 Å². The molecular formula is C15H22N2O3S. The molecule has 116 valence electrons. The summed E-state index contributed by atoms with van der Waals surface area (Å²) in [6.07, 6.45) is 2.37. The van der Waals surface area contributed by atoms with Crippen molar-refractivity contribution in [2.75, 3.05) is 26.3 Å². The molecule has 2 fully saturated rings. The van der Waals surface area contributed by atoms with Crippen LogP contribution in [0.1, 0.15) is 29.6 Å². The predicted octanol–water partition coefficient (Wildman–Crippen LogP) is 1.09. The second-order valence-electron chi connectivity index (χ2n) is 5.73. The van der Waals surface area contributed by atoms with Crippen LogP contribution in [-0.2, 0) is 4.74 Å². The third kappa shape index (κ3) is 3.45. The van der Waals surface area contributed by atoms with E-state index < -0.39 is 6.10 Å². The standard InChI is InChI=1S/C15H22N2O3S/c18-14-12(16-15(19)11-4-9-21-10-11)2-1-3-13(14)17-5-7-20-8-6-17/h4,9-10,12-14,18H,1-3,5-8H2,(H,16,19)/t12-,13-,14-/m1/s1. The quantitative estimate of drug-likeness (QED) is 0.877. The number of hydrogen-bond donors (Lipinski definition) is 2. The largest absolute Gasteiger partial charge is 0.389 e. The maximum absolute atomic E-state index is 12.2. The van der Waals surface area contributed by atoms with Crippen LogP contribution in [0.4, 0.5) is 0 Å². The van der Waals surface area contributed by atoms with Crippen molar-refractivity contribution in [3.8, 4) is 0 Å². The van der Waals surface area contributed by atoms with E-state index in [0.717, 1.165) is 45.6 Å². The summed E-state index contributed by atoms with van der Waals surface area (Å²) in [5.41, 5.74) is 0.681. The number of thiophene rings is 1. The molecule has 1 aliphatic carbocycles. The molecule has 21 heavy (non-hydrogen) atoms. The van der Waals surface area contributed by atoms with Crippen molar-refractivity contribution in [2.45, 2.75) is 37.5 Å². The number of carbonyl (C=O) groups is 1. The van der Waals surface area contributed by atoms with E-state index in [2.05, 4.69) is 10.2 Å². The summed E-state index contributed by atoms with van der Waals surface area (Å²) in [6, 6.07) is 1.80. The fraction of sp³-hybridized carbons (Fsp3) is 0.667. The molecule has 1 aliphatic heterocycles. The summed E-state index contributed by atoms with van der Waals surface area (Å²) in [4.78, 5) is 14.5. The first-order chi connectivity index (χ1) is 10.3. The first-order valence-electron chi connectivity index (χ1n) is 7.58. The Hall–Kier alpha value is -0.950. The van der Waals surface area contributed by atoms with Gasteiger partial charge in [-0.1, -0.05) is 0 Å². The van der Waals surface area contributed by atoms with Crippen molar-refractivity contribution in [3.05, 3.63) is 22.4 Å². The van der Waals surface area contributed by atoms with Gasteiger partial charge in [0.05, 0.1) is 25.4 Å². The van der Waals surface area contributed by atoms with Gasteiger partial charge in [0.2, 0.25) is 0 Å². The number of aliphatic hydroxyl groups is 1. The molecule has 3 rings (SSSR count). The zero-order valence-corrected chi connectivity index (χ0v) is 12.8. The highest BCUT2D eigenvalue weighted by atomic mass is 32.1. The molecule has 5 nitrogen and oxygen atoms in total. The van der Waals surface area contributed by atoms with Crippen LogP contribution in [0.2, 0.25) is 0 Å². The molecule has 3 atom stereocenters. The SMILES string of the molecule is O=C(N[C@@H]1CCC[C@@H](N2CCOCC2)[C@@H]1O)c1ccsc1. The van der Waals surface area contributed by atoms with Gasteiger partial charge >= 0.3 is 0 Å². The molecule has 0 radical (unpaired) electrons. The zero-order chi connectivity index (χ0) is 14.7. The monoisotopic (exact) mass is 310 g/mol. The van der Waals surface area contributed by atoms with Gasteiger partial charge in [-0.15, -0.1) is 0 Å². The van der Waals surface area contributed by atoms with Gasteiger partial charge in [0, 0.05) is 30.1 Å². The zero-order valence-electron chi connectivity index (χ0n) is 12.0. The molecule has 0 aromatic carbocycles. The van der Waals surface area contributed by atoms with Crippen LogP contribution in [0.15, 0.2) is 16.8 Å². The summed E-state index contributed by atoms with van der Waals surface area (Å²) in [5.74, 6) is -0.0806. The molecule has 2 aliphatic rings. The number of nitrogens with one attached hydrogen (secondary N) is 1. The molecule has 6 heteroatoms. The van der Waals surface area contributed by atoms with E-state index in [9.17, 15) is 9.90 Å². The highest BCUT2D eigenvalue weighted by Crippen LogP contribution is 2.25. The topological polar surface area (TPSA) is 61.8 Å². The van der Waals surface area contributed by atoms with Gasteiger partial charge in [0.25, 0.3) is 5.91 Å². The Morgan fingerprint density at radius 2 is 2.19 bits per heavy atom. The van der Waals surface area contributed by atoms with Gasteiger partial charge in [-0.25, -0.2) is 0 Å². The minimum Gasteiger partial charge on any atom is -0.389 e. The van der Waals surface area contributed by atoms with Gasteiger partial charge in [0.1, 0.15) is 0 Å². The maximum atomic E-state index is 12.2. The first-order valence-corrected chi connectivity index (χ1v) is 8.53. The van der Waals surface area contributed by atoms with E-state index in [1.54, 1.807) is 0 Å². The second kappa shape index (κ2) is 6.87. The molecule has 0 spiro atoms. The van der Waals surface area contributed by atoms with Crippen molar-refractivity contribution in [2.24, 2.45) is 0 Å². The Labute approximate surface area is 128 Å². The minimum atomic E-state index is -0.501. The van der Waals surface area contributed by atoms with Gasteiger partial charge in [-0.05, 0) is 30.7 Å². The van der Waals surface area contributed by atoms with Crippen LogP contribution >= 0.6 is 11.3 Å².